The molecule has 2 fully saturated rings. The van der Waals surface area contributed by atoms with E-state index < -0.39 is 11.6 Å². The summed E-state index contributed by atoms with van der Waals surface area (Å²) in [6.45, 7) is 6.29. The van der Waals surface area contributed by atoms with E-state index in [2.05, 4.69) is 25.0 Å². The van der Waals surface area contributed by atoms with Crippen LogP contribution in [0.1, 0.15) is 34.3 Å². The maximum absolute atomic E-state index is 13.5. The van der Waals surface area contributed by atoms with E-state index in [1.165, 1.54) is 12.1 Å². The molecule has 1 aromatic heterocycles. The second-order valence-electron chi connectivity index (χ2n) is 10.1. The number of nitrogens with zero attached hydrogens (tertiary/aromatic N) is 4. The average Bonchev–Trinajstić information content (AvgIpc) is 2.94. The van der Waals surface area contributed by atoms with Crippen LogP contribution in [-0.4, -0.2) is 66.0 Å². The molecule has 1 amide bonds. The molecule has 0 unspecified atom stereocenters. The molecule has 0 atom stereocenters. The summed E-state index contributed by atoms with van der Waals surface area (Å²) in [5, 5.41) is 3.97. The quantitative estimate of drug-likeness (QED) is 0.411. The van der Waals surface area contributed by atoms with Gasteiger partial charge >= 0.3 is 0 Å². The van der Waals surface area contributed by atoms with Gasteiger partial charge in [0.05, 0.1) is 10.6 Å². The molecule has 0 spiro atoms. The van der Waals surface area contributed by atoms with Gasteiger partial charge in [-0.2, -0.15) is 0 Å². The van der Waals surface area contributed by atoms with Gasteiger partial charge in [0.1, 0.15) is 5.82 Å². The molecule has 0 bridgehead atoms. The largest absolute Gasteiger partial charge is 0.353 e. The van der Waals surface area contributed by atoms with E-state index in [9.17, 15) is 13.6 Å². The second kappa shape index (κ2) is 12.6. The van der Waals surface area contributed by atoms with Gasteiger partial charge in [-0.15, -0.1) is 0 Å². The minimum absolute atomic E-state index is 0.239. The van der Waals surface area contributed by atoms with Crippen LogP contribution in [0.5, 0.6) is 0 Å². The van der Waals surface area contributed by atoms with E-state index in [4.69, 9.17) is 23.2 Å². The van der Waals surface area contributed by atoms with Crippen LogP contribution in [0, 0.1) is 11.6 Å². The first-order chi connectivity index (χ1) is 18.9. The van der Waals surface area contributed by atoms with Crippen LogP contribution in [0.15, 0.2) is 54.7 Å². The Bertz CT molecular complexity index is 1310. The molecule has 6 nitrogen and oxygen atoms in total. The van der Waals surface area contributed by atoms with Crippen molar-refractivity contribution in [2.24, 2.45) is 0 Å². The minimum atomic E-state index is -0.806. The van der Waals surface area contributed by atoms with Gasteiger partial charge < -0.3 is 10.2 Å². The third-order valence-corrected chi connectivity index (χ3v) is 8.02. The lowest BCUT2D eigenvalue weighted by Crippen LogP contribution is -2.53. The summed E-state index contributed by atoms with van der Waals surface area (Å²) in [4.78, 5) is 24.1. The summed E-state index contributed by atoms with van der Waals surface area (Å²) in [5.74, 6) is -1.14. The molecule has 0 saturated carbocycles. The van der Waals surface area contributed by atoms with Gasteiger partial charge in [0.25, 0.3) is 5.91 Å². The predicted octanol–water partition coefficient (Wildman–Crippen LogP) is 5.38. The number of carbonyl (C=O) groups excluding carboxylic acids is 1. The first-order valence-electron chi connectivity index (χ1n) is 13.2. The van der Waals surface area contributed by atoms with Crippen molar-refractivity contribution in [3.8, 4) is 0 Å². The van der Waals surface area contributed by atoms with Crippen molar-refractivity contribution in [1.29, 1.82) is 0 Å². The predicted molar refractivity (Wildman–Crippen MR) is 150 cm³/mol. The van der Waals surface area contributed by atoms with E-state index in [1.807, 2.05) is 18.2 Å². The third-order valence-electron chi connectivity index (χ3n) is 7.50. The Kier molecular flexibility index (Phi) is 8.97. The molecule has 39 heavy (non-hydrogen) atoms. The Morgan fingerprint density at radius 3 is 2.38 bits per heavy atom. The Hall–Kier alpha value is -2.78. The Morgan fingerprint density at radius 1 is 0.923 bits per heavy atom. The number of likely N-dealkylation sites (tertiary alicyclic amines) is 1. The number of hydrogen-bond donors (Lipinski definition) is 1. The molecular weight excluding hydrogens is 543 g/mol. The molecule has 0 radical (unpaired) electrons. The fourth-order valence-corrected chi connectivity index (χ4v) is 5.86. The summed E-state index contributed by atoms with van der Waals surface area (Å²) in [6.07, 6.45) is 3.66. The van der Waals surface area contributed by atoms with E-state index in [-0.39, 0.29) is 5.91 Å². The van der Waals surface area contributed by atoms with E-state index in [0.29, 0.717) is 40.6 Å². The van der Waals surface area contributed by atoms with E-state index in [1.54, 1.807) is 24.4 Å². The fourth-order valence-electron chi connectivity index (χ4n) is 5.36. The monoisotopic (exact) mass is 573 g/mol. The molecule has 2 aliphatic heterocycles. The first kappa shape index (κ1) is 27.8. The number of nitrogens with one attached hydrogen (secondary N) is 1. The Balaban J connectivity index is 1.08. The molecular formula is C29H31Cl2F2N5O. The van der Waals surface area contributed by atoms with Gasteiger partial charge in [0, 0.05) is 56.5 Å². The van der Waals surface area contributed by atoms with Gasteiger partial charge in [-0.05, 0) is 67.4 Å². The highest BCUT2D eigenvalue weighted by Gasteiger charge is 2.28. The van der Waals surface area contributed by atoms with Crippen LogP contribution in [0.2, 0.25) is 10.0 Å². The maximum atomic E-state index is 13.5. The summed E-state index contributed by atoms with van der Waals surface area (Å²) >= 11 is 12.6. The van der Waals surface area contributed by atoms with Crippen molar-refractivity contribution in [3.05, 3.63) is 93.1 Å². The molecule has 0 aliphatic carbocycles. The molecule has 2 aromatic carbocycles. The zero-order valence-electron chi connectivity index (χ0n) is 21.6. The van der Waals surface area contributed by atoms with Crippen molar-refractivity contribution in [3.63, 3.8) is 0 Å². The standard InChI is InChI=1S/C29H31Cl2F2N5O/c30-23-3-1-2-20(14-23)17-35-29(39)22-16-25(31)28(34-18-22)38-12-10-37(11-13-38)24-6-8-36(9-7-24)19-21-4-5-26(32)27(33)15-21/h1-5,14-16,18,24H,6-13,17,19H2,(H,35,39). The second-order valence-corrected chi connectivity index (χ2v) is 11.0. The minimum Gasteiger partial charge on any atom is -0.353 e. The van der Waals surface area contributed by atoms with Crippen LogP contribution in [-0.2, 0) is 13.1 Å². The van der Waals surface area contributed by atoms with Crippen LogP contribution in [0.25, 0.3) is 0 Å². The summed E-state index contributed by atoms with van der Waals surface area (Å²) in [5.41, 5.74) is 2.13. The molecule has 3 aromatic rings. The van der Waals surface area contributed by atoms with Crippen molar-refractivity contribution < 1.29 is 13.6 Å². The topological polar surface area (TPSA) is 51.7 Å². The van der Waals surface area contributed by atoms with Crippen molar-refractivity contribution >= 4 is 34.9 Å². The normalized spacial score (nSPS) is 17.4. The van der Waals surface area contributed by atoms with Crippen LogP contribution in [0.4, 0.5) is 14.6 Å². The van der Waals surface area contributed by atoms with Gasteiger partial charge in [-0.25, -0.2) is 13.8 Å². The third kappa shape index (κ3) is 7.06. The number of halogens is 4. The Morgan fingerprint density at radius 2 is 1.69 bits per heavy atom. The van der Waals surface area contributed by atoms with Crippen LogP contribution < -0.4 is 10.2 Å². The Labute approximate surface area is 237 Å². The van der Waals surface area contributed by atoms with Crippen molar-refractivity contribution in [2.45, 2.75) is 32.0 Å². The highest BCUT2D eigenvalue weighted by Crippen LogP contribution is 2.27. The molecule has 5 rings (SSSR count). The lowest BCUT2D eigenvalue weighted by Gasteiger charge is -2.43. The van der Waals surface area contributed by atoms with Gasteiger partial charge in [-0.1, -0.05) is 41.4 Å². The number of hydrogen-bond acceptors (Lipinski definition) is 5. The fraction of sp³-hybridized carbons (Fsp3) is 0.379. The molecule has 10 heteroatoms. The zero-order chi connectivity index (χ0) is 27.4. The smallest absolute Gasteiger partial charge is 0.253 e. The highest BCUT2D eigenvalue weighted by molar-refractivity contribution is 6.33. The molecule has 206 valence electrons. The number of anilines is 1. The lowest BCUT2D eigenvalue weighted by atomic mass is 10.0. The number of piperidine rings is 1. The highest BCUT2D eigenvalue weighted by atomic mass is 35.5. The number of pyridine rings is 1. The van der Waals surface area contributed by atoms with Crippen LogP contribution >= 0.6 is 23.2 Å². The van der Waals surface area contributed by atoms with Crippen molar-refractivity contribution in [1.82, 2.24) is 20.1 Å². The lowest BCUT2D eigenvalue weighted by molar-refractivity contribution is 0.0950. The summed E-state index contributed by atoms with van der Waals surface area (Å²) in [6, 6.07) is 13.7. The van der Waals surface area contributed by atoms with Crippen molar-refractivity contribution in [2.75, 3.05) is 44.2 Å². The maximum Gasteiger partial charge on any atom is 0.253 e. The summed E-state index contributed by atoms with van der Waals surface area (Å²) in [7, 11) is 0. The van der Waals surface area contributed by atoms with Gasteiger partial charge in [0.2, 0.25) is 0 Å². The molecule has 1 N–H and O–H groups in total. The average molecular weight is 575 g/mol. The SMILES string of the molecule is O=C(NCc1cccc(Cl)c1)c1cnc(N2CCN(C3CCN(Cc4ccc(F)c(F)c4)CC3)CC2)c(Cl)c1. The van der Waals surface area contributed by atoms with E-state index in [0.717, 1.165) is 63.2 Å². The molecule has 2 saturated heterocycles. The molecule has 2 aliphatic rings. The first-order valence-corrected chi connectivity index (χ1v) is 13.9. The number of piperazine rings is 1. The number of rotatable bonds is 7. The number of benzene rings is 2. The van der Waals surface area contributed by atoms with Crippen LogP contribution in [0.3, 0.4) is 0 Å². The summed E-state index contributed by atoms with van der Waals surface area (Å²) < 4.78 is 26.7. The number of carbonyl (C=O) groups is 1. The van der Waals surface area contributed by atoms with E-state index >= 15 is 0 Å². The molecule has 3 heterocycles. The zero-order valence-corrected chi connectivity index (χ0v) is 23.1. The number of aromatic nitrogens is 1. The van der Waals surface area contributed by atoms with Gasteiger partial charge in [-0.3, -0.25) is 14.6 Å². The van der Waals surface area contributed by atoms with Gasteiger partial charge in [0.15, 0.2) is 11.6 Å². The number of amides is 1.